The minimum Gasteiger partial charge on any atom is -0.496 e. The molecule has 7 nitrogen and oxygen atoms in total. The number of amides is 1. The molecule has 2 heterocycles. The summed E-state index contributed by atoms with van der Waals surface area (Å²) in [6.45, 7) is 2.02. The van der Waals surface area contributed by atoms with E-state index in [2.05, 4.69) is 20.3 Å². The molecular formula is C20H20N4O3. The quantitative estimate of drug-likeness (QED) is 0.697. The highest BCUT2D eigenvalue weighted by Gasteiger charge is 2.09. The van der Waals surface area contributed by atoms with E-state index in [0.717, 1.165) is 16.9 Å². The minimum atomic E-state index is -0.267. The summed E-state index contributed by atoms with van der Waals surface area (Å²) in [5, 5.41) is 2.76. The van der Waals surface area contributed by atoms with Crippen molar-refractivity contribution in [3.05, 3.63) is 87.4 Å². The number of para-hydroxylation sites is 1. The van der Waals surface area contributed by atoms with Crippen molar-refractivity contribution in [2.75, 3.05) is 7.11 Å². The average Bonchev–Trinajstić information content (AvgIpc) is 2.66. The third-order valence-electron chi connectivity index (χ3n) is 3.96. The number of aryl methyl sites for hydroxylation is 1. The lowest BCUT2D eigenvalue weighted by atomic mass is 10.1. The number of nitrogens with one attached hydrogen (secondary N) is 2. The second-order valence-electron chi connectivity index (χ2n) is 6.11. The molecule has 0 unspecified atom stereocenters. The lowest BCUT2D eigenvalue weighted by molar-refractivity contribution is 0.0950. The Hall–Kier alpha value is -3.48. The molecule has 138 valence electrons. The van der Waals surface area contributed by atoms with Gasteiger partial charge in [-0.2, -0.15) is 0 Å². The molecule has 3 aromatic rings. The van der Waals surface area contributed by atoms with Crippen LogP contribution < -0.4 is 15.6 Å². The van der Waals surface area contributed by atoms with Crippen LogP contribution in [0, 0.1) is 6.92 Å². The molecular weight excluding hydrogens is 344 g/mol. The third-order valence-corrected chi connectivity index (χ3v) is 3.96. The molecule has 0 aliphatic carbocycles. The van der Waals surface area contributed by atoms with Crippen LogP contribution in [0.15, 0.2) is 53.6 Å². The van der Waals surface area contributed by atoms with Crippen molar-refractivity contribution < 1.29 is 9.53 Å². The first-order chi connectivity index (χ1) is 13.0. The van der Waals surface area contributed by atoms with Gasteiger partial charge in [0, 0.05) is 30.4 Å². The smallest absolute Gasteiger partial charge is 0.253 e. The summed E-state index contributed by atoms with van der Waals surface area (Å²) in [4.78, 5) is 35.4. The Bertz CT molecular complexity index is 1010. The number of hydrogen-bond acceptors (Lipinski definition) is 5. The minimum absolute atomic E-state index is 0.148. The van der Waals surface area contributed by atoms with Gasteiger partial charge in [0.05, 0.1) is 24.9 Å². The Kier molecular flexibility index (Phi) is 5.61. The Morgan fingerprint density at radius 2 is 2.04 bits per heavy atom. The number of nitrogens with zero attached hydrogens (tertiary/aromatic N) is 2. The van der Waals surface area contributed by atoms with Crippen LogP contribution >= 0.6 is 0 Å². The van der Waals surface area contributed by atoms with E-state index in [0.29, 0.717) is 23.5 Å². The number of ether oxygens (including phenoxy) is 1. The molecule has 2 aromatic heterocycles. The molecule has 3 rings (SSSR count). The van der Waals surface area contributed by atoms with Gasteiger partial charge in [-0.05, 0) is 24.6 Å². The van der Waals surface area contributed by atoms with Crippen molar-refractivity contribution in [3.8, 4) is 5.75 Å². The number of methoxy groups -OCH3 is 1. The Balaban J connectivity index is 1.73. The first-order valence-electron chi connectivity index (χ1n) is 8.46. The first-order valence-corrected chi connectivity index (χ1v) is 8.46. The van der Waals surface area contributed by atoms with Gasteiger partial charge < -0.3 is 15.0 Å². The molecule has 0 saturated carbocycles. The number of aromatic nitrogens is 3. The van der Waals surface area contributed by atoms with E-state index >= 15 is 0 Å². The van der Waals surface area contributed by atoms with Crippen LogP contribution in [0.5, 0.6) is 5.75 Å². The van der Waals surface area contributed by atoms with E-state index in [4.69, 9.17) is 4.74 Å². The zero-order chi connectivity index (χ0) is 19.2. The van der Waals surface area contributed by atoms with Crippen molar-refractivity contribution in [1.82, 2.24) is 20.3 Å². The van der Waals surface area contributed by atoms with Gasteiger partial charge in [0.1, 0.15) is 11.6 Å². The zero-order valence-electron chi connectivity index (χ0n) is 15.2. The number of pyridine rings is 1. The van der Waals surface area contributed by atoms with Crippen LogP contribution in [0.3, 0.4) is 0 Å². The summed E-state index contributed by atoms with van der Waals surface area (Å²) in [5.41, 5.74) is 2.49. The number of H-pyrrole nitrogens is 1. The molecule has 7 heteroatoms. The molecule has 0 saturated heterocycles. The highest BCUT2D eigenvalue weighted by molar-refractivity contribution is 5.93. The van der Waals surface area contributed by atoms with Gasteiger partial charge in [-0.25, -0.2) is 4.98 Å². The predicted molar refractivity (Wildman–Crippen MR) is 101 cm³/mol. The molecule has 0 aliphatic rings. The fraction of sp³-hybridized carbons (Fsp3) is 0.200. The standard InChI is InChI=1S/C20H20N4O3/c1-13-7-15(11-21-10-13)20(26)22-12-16-9-19(25)24-18(23-16)8-14-5-3-4-6-17(14)27-2/h3-7,9-11H,8,12H2,1-2H3,(H,22,26)(H,23,24,25). The second kappa shape index (κ2) is 8.27. The number of carbonyl (C=O) groups is 1. The van der Waals surface area contributed by atoms with E-state index in [9.17, 15) is 9.59 Å². The Morgan fingerprint density at radius 1 is 1.22 bits per heavy atom. The van der Waals surface area contributed by atoms with E-state index in [-0.39, 0.29) is 18.0 Å². The molecule has 0 atom stereocenters. The van der Waals surface area contributed by atoms with Gasteiger partial charge in [-0.15, -0.1) is 0 Å². The largest absolute Gasteiger partial charge is 0.496 e. The molecule has 0 radical (unpaired) electrons. The first kappa shape index (κ1) is 18.3. The molecule has 2 N–H and O–H groups in total. The van der Waals surface area contributed by atoms with Gasteiger partial charge >= 0.3 is 0 Å². The number of carbonyl (C=O) groups excluding carboxylic acids is 1. The lowest BCUT2D eigenvalue weighted by Gasteiger charge is -2.09. The van der Waals surface area contributed by atoms with Crippen molar-refractivity contribution in [2.24, 2.45) is 0 Å². The average molecular weight is 364 g/mol. The molecule has 0 aliphatic heterocycles. The summed E-state index contributed by atoms with van der Waals surface area (Å²) in [5.74, 6) is 0.971. The van der Waals surface area contributed by atoms with E-state index < -0.39 is 0 Å². The second-order valence-corrected chi connectivity index (χ2v) is 6.11. The highest BCUT2D eigenvalue weighted by atomic mass is 16.5. The van der Waals surface area contributed by atoms with Crippen LogP contribution in [0.25, 0.3) is 0 Å². The van der Waals surface area contributed by atoms with Gasteiger partial charge in [0.15, 0.2) is 0 Å². The number of rotatable bonds is 6. The van der Waals surface area contributed by atoms with Crippen LogP contribution in [0.4, 0.5) is 0 Å². The van der Waals surface area contributed by atoms with Gasteiger partial charge in [-0.1, -0.05) is 18.2 Å². The SMILES string of the molecule is COc1ccccc1Cc1nc(CNC(=O)c2cncc(C)c2)cc(=O)[nH]1. The third kappa shape index (κ3) is 4.78. The molecule has 0 fully saturated rings. The number of hydrogen-bond donors (Lipinski definition) is 2. The van der Waals surface area contributed by atoms with E-state index in [1.54, 1.807) is 19.4 Å². The topological polar surface area (TPSA) is 97.0 Å². The van der Waals surface area contributed by atoms with Gasteiger partial charge in [0.25, 0.3) is 11.5 Å². The number of aromatic amines is 1. The summed E-state index contributed by atoms with van der Waals surface area (Å²) in [6, 6.07) is 10.7. The Morgan fingerprint density at radius 3 is 2.81 bits per heavy atom. The maximum Gasteiger partial charge on any atom is 0.253 e. The fourth-order valence-electron chi connectivity index (χ4n) is 2.72. The van der Waals surface area contributed by atoms with Crippen LogP contribution in [-0.4, -0.2) is 28.0 Å². The van der Waals surface area contributed by atoms with Crippen LogP contribution in [-0.2, 0) is 13.0 Å². The van der Waals surface area contributed by atoms with Crippen molar-refractivity contribution in [3.63, 3.8) is 0 Å². The van der Waals surface area contributed by atoms with Crippen LogP contribution in [0.1, 0.15) is 33.0 Å². The van der Waals surface area contributed by atoms with E-state index in [1.165, 1.54) is 12.3 Å². The van der Waals surface area contributed by atoms with Gasteiger partial charge in [-0.3, -0.25) is 14.6 Å². The molecule has 0 bridgehead atoms. The van der Waals surface area contributed by atoms with Gasteiger partial charge in [0.2, 0.25) is 0 Å². The zero-order valence-corrected chi connectivity index (χ0v) is 15.2. The maximum absolute atomic E-state index is 12.2. The van der Waals surface area contributed by atoms with Crippen molar-refractivity contribution in [2.45, 2.75) is 19.9 Å². The number of benzene rings is 1. The van der Waals surface area contributed by atoms with E-state index in [1.807, 2.05) is 31.2 Å². The Labute approximate surface area is 156 Å². The summed E-state index contributed by atoms with van der Waals surface area (Å²) < 4.78 is 5.33. The normalized spacial score (nSPS) is 10.4. The molecule has 1 amide bonds. The molecule has 1 aromatic carbocycles. The summed E-state index contributed by atoms with van der Waals surface area (Å²) in [7, 11) is 1.60. The summed E-state index contributed by atoms with van der Waals surface area (Å²) >= 11 is 0. The lowest BCUT2D eigenvalue weighted by Crippen LogP contribution is -2.25. The molecule has 0 spiro atoms. The summed E-state index contributed by atoms with van der Waals surface area (Å²) in [6.07, 6.45) is 3.60. The predicted octanol–water partition coefficient (Wildman–Crippen LogP) is 2.00. The van der Waals surface area contributed by atoms with Crippen LogP contribution in [0.2, 0.25) is 0 Å². The highest BCUT2D eigenvalue weighted by Crippen LogP contribution is 2.19. The monoisotopic (exact) mass is 364 g/mol. The van der Waals surface area contributed by atoms with Crippen molar-refractivity contribution in [1.29, 1.82) is 0 Å². The maximum atomic E-state index is 12.2. The van der Waals surface area contributed by atoms with Crippen molar-refractivity contribution >= 4 is 5.91 Å². The molecule has 27 heavy (non-hydrogen) atoms. The fourth-order valence-corrected chi connectivity index (χ4v) is 2.72.